The van der Waals surface area contributed by atoms with Gasteiger partial charge in [-0.05, 0) is 53.5 Å². The van der Waals surface area contributed by atoms with Crippen molar-refractivity contribution in [1.29, 1.82) is 0 Å². The third-order valence-electron chi connectivity index (χ3n) is 7.28. The first-order valence-electron chi connectivity index (χ1n) is 13.3. The molecule has 2 aromatic rings. The van der Waals surface area contributed by atoms with Crippen LogP contribution in [0.4, 0.5) is 0 Å². The summed E-state index contributed by atoms with van der Waals surface area (Å²) in [6.45, 7) is 13.1. The van der Waals surface area contributed by atoms with E-state index >= 15 is 0 Å². The van der Waals surface area contributed by atoms with E-state index in [2.05, 4.69) is 52.2 Å². The van der Waals surface area contributed by atoms with Crippen LogP contribution in [0.25, 0.3) is 0 Å². The molecular weight excluding hydrogens is 464 g/mol. The van der Waals surface area contributed by atoms with Crippen LogP contribution in [0.1, 0.15) is 101 Å². The van der Waals surface area contributed by atoms with E-state index in [1.807, 2.05) is 36.4 Å². The van der Waals surface area contributed by atoms with Crippen molar-refractivity contribution in [2.45, 2.75) is 96.6 Å². The van der Waals surface area contributed by atoms with Gasteiger partial charge in [-0.1, -0.05) is 72.9 Å². The third kappa shape index (κ3) is 6.65. The molecule has 2 aromatic carbocycles. The Labute approximate surface area is 222 Å². The van der Waals surface area contributed by atoms with E-state index in [0.717, 1.165) is 47.5 Å². The Kier molecular flexibility index (Phi) is 8.61. The van der Waals surface area contributed by atoms with Crippen LogP contribution in [-0.2, 0) is 22.2 Å². The lowest BCUT2D eigenvalue weighted by Gasteiger charge is -2.37. The lowest BCUT2D eigenvalue weighted by atomic mass is 9.77. The van der Waals surface area contributed by atoms with E-state index in [1.165, 1.54) is 0 Å². The minimum atomic E-state index is -0.925. The van der Waals surface area contributed by atoms with Gasteiger partial charge < -0.3 is 20.1 Å². The molecule has 0 spiro atoms. The SMILES string of the molecule is COc1ccc(CNC(=O)C2(NC(=O)c3cc(C(C)(C)C)c(OC)c(C(C)(C)C)c3)CCCCC2)cc1. The molecule has 202 valence electrons. The van der Waals surface area contributed by atoms with Crippen LogP contribution in [-0.4, -0.2) is 31.6 Å². The largest absolute Gasteiger partial charge is 0.497 e. The Morgan fingerprint density at radius 2 is 1.38 bits per heavy atom. The summed E-state index contributed by atoms with van der Waals surface area (Å²) in [7, 11) is 3.31. The number of rotatable bonds is 7. The topological polar surface area (TPSA) is 76.7 Å². The summed E-state index contributed by atoms with van der Waals surface area (Å²) in [6.07, 6.45) is 4.12. The zero-order valence-electron chi connectivity index (χ0n) is 23.8. The Hall–Kier alpha value is -3.02. The zero-order valence-corrected chi connectivity index (χ0v) is 23.8. The van der Waals surface area contributed by atoms with Gasteiger partial charge in [0.2, 0.25) is 5.91 Å². The van der Waals surface area contributed by atoms with E-state index in [9.17, 15) is 9.59 Å². The molecule has 0 atom stereocenters. The number of methoxy groups -OCH3 is 2. The molecule has 0 bridgehead atoms. The van der Waals surface area contributed by atoms with E-state index in [0.29, 0.717) is 24.9 Å². The van der Waals surface area contributed by atoms with Crippen LogP contribution in [0.3, 0.4) is 0 Å². The second kappa shape index (κ2) is 11.2. The molecule has 1 fully saturated rings. The van der Waals surface area contributed by atoms with Gasteiger partial charge in [0.05, 0.1) is 14.2 Å². The predicted octanol–water partition coefficient (Wildman–Crippen LogP) is 6.05. The van der Waals surface area contributed by atoms with Crippen LogP contribution >= 0.6 is 0 Å². The van der Waals surface area contributed by atoms with Gasteiger partial charge in [0.1, 0.15) is 17.0 Å². The van der Waals surface area contributed by atoms with Gasteiger partial charge in [-0.25, -0.2) is 0 Å². The first-order valence-corrected chi connectivity index (χ1v) is 13.3. The average molecular weight is 509 g/mol. The van der Waals surface area contributed by atoms with Crippen molar-refractivity contribution in [3.05, 3.63) is 58.7 Å². The van der Waals surface area contributed by atoms with Gasteiger partial charge in [-0.3, -0.25) is 9.59 Å². The fraction of sp³-hybridized carbons (Fsp3) is 0.548. The Morgan fingerprint density at radius 3 is 1.84 bits per heavy atom. The molecule has 6 heteroatoms. The number of amides is 2. The summed E-state index contributed by atoms with van der Waals surface area (Å²) in [5, 5.41) is 6.26. The highest BCUT2D eigenvalue weighted by molar-refractivity contribution is 6.00. The van der Waals surface area contributed by atoms with Gasteiger partial charge in [-0.2, -0.15) is 0 Å². The highest BCUT2D eigenvalue weighted by Crippen LogP contribution is 2.41. The highest BCUT2D eigenvalue weighted by Gasteiger charge is 2.41. The number of hydrogen-bond donors (Lipinski definition) is 2. The first kappa shape index (κ1) is 28.5. The molecule has 0 saturated heterocycles. The van der Waals surface area contributed by atoms with E-state index in [1.54, 1.807) is 14.2 Å². The predicted molar refractivity (Wildman–Crippen MR) is 149 cm³/mol. The van der Waals surface area contributed by atoms with Crippen LogP contribution in [0, 0.1) is 0 Å². The Morgan fingerprint density at radius 1 is 0.838 bits per heavy atom. The molecule has 3 rings (SSSR count). The molecule has 6 nitrogen and oxygen atoms in total. The number of nitrogens with one attached hydrogen (secondary N) is 2. The molecule has 0 radical (unpaired) electrons. The molecule has 37 heavy (non-hydrogen) atoms. The van der Waals surface area contributed by atoms with Crippen LogP contribution in [0.2, 0.25) is 0 Å². The van der Waals surface area contributed by atoms with Crippen LogP contribution < -0.4 is 20.1 Å². The molecule has 2 N–H and O–H groups in total. The summed E-state index contributed by atoms with van der Waals surface area (Å²) >= 11 is 0. The summed E-state index contributed by atoms with van der Waals surface area (Å²) in [6, 6.07) is 11.5. The molecule has 0 aliphatic heterocycles. The highest BCUT2D eigenvalue weighted by atomic mass is 16.5. The molecular formula is C31H44N2O4. The molecule has 1 aliphatic rings. The summed E-state index contributed by atoms with van der Waals surface area (Å²) < 4.78 is 11.1. The summed E-state index contributed by atoms with van der Waals surface area (Å²) in [5.74, 6) is 1.24. The Bertz CT molecular complexity index is 1070. The summed E-state index contributed by atoms with van der Waals surface area (Å²) in [5.41, 5.74) is 2.13. The van der Waals surface area contributed by atoms with Gasteiger partial charge >= 0.3 is 0 Å². The van der Waals surface area contributed by atoms with E-state index in [-0.39, 0.29) is 22.6 Å². The minimum absolute atomic E-state index is 0.128. The normalized spacial score (nSPS) is 15.6. The van der Waals surface area contributed by atoms with E-state index < -0.39 is 5.54 Å². The second-order valence-corrected chi connectivity index (χ2v) is 12.2. The molecule has 1 aliphatic carbocycles. The molecule has 0 unspecified atom stereocenters. The molecule has 0 heterocycles. The van der Waals surface area contributed by atoms with Crippen molar-refractivity contribution >= 4 is 11.8 Å². The zero-order chi connectivity index (χ0) is 27.4. The number of benzene rings is 2. The lowest BCUT2D eigenvalue weighted by Crippen LogP contribution is -2.59. The molecule has 0 aromatic heterocycles. The fourth-order valence-electron chi connectivity index (χ4n) is 5.04. The van der Waals surface area contributed by atoms with Crippen molar-refractivity contribution in [3.8, 4) is 11.5 Å². The molecule has 2 amide bonds. The monoisotopic (exact) mass is 508 g/mol. The van der Waals surface area contributed by atoms with Crippen molar-refractivity contribution in [2.24, 2.45) is 0 Å². The van der Waals surface area contributed by atoms with Crippen LogP contribution in [0.15, 0.2) is 36.4 Å². The lowest BCUT2D eigenvalue weighted by molar-refractivity contribution is -0.128. The Balaban J connectivity index is 1.91. The number of carbonyl (C=O) groups is 2. The first-order chi connectivity index (χ1) is 17.3. The van der Waals surface area contributed by atoms with Crippen molar-refractivity contribution in [1.82, 2.24) is 10.6 Å². The number of carbonyl (C=O) groups excluding carboxylic acids is 2. The number of hydrogen-bond acceptors (Lipinski definition) is 4. The van der Waals surface area contributed by atoms with Crippen molar-refractivity contribution in [3.63, 3.8) is 0 Å². The van der Waals surface area contributed by atoms with Gasteiger partial charge in [-0.15, -0.1) is 0 Å². The fourth-order valence-corrected chi connectivity index (χ4v) is 5.04. The van der Waals surface area contributed by atoms with Crippen LogP contribution in [0.5, 0.6) is 11.5 Å². The maximum atomic E-state index is 13.8. The maximum Gasteiger partial charge on any atom is 0.252 e. The van der Waals surface area contributed by atoms with Crippen molar-refractivity contribution < 1.29 is 19.1 Å². The standard InChI is InChI=1S/C31H44N2O4/c1-29(2,3)24-18-22(19-25(26(24)37-8)30(4,5)6)27(34)33-31(16-10-9-11-17-31)28(35)32-20-21-12-14-23(36-7)15-13-21/h12-15,18-19H,9-11,16-17,20H2,1-8H3,(H,32,35)(H,33,34). The van der Waals surface area contributed by atoms with E-state index in [4.69, 9.17) is 9.47 Å². The summed E-state index contributed by atoms with van der Waals surface area (Å²) in [4.78, 5) is 27.3. The van der Waals surface area contributed by atoms with Gasteiger partial charge in [0.25, 0.3) is 5.91 Å². The van der Waals surface area contributed by atoms with Crippen molar-refractivity contribution in [2.75, 3.05) is 14.2 Å². The minimum Gasteiger partial charge on any atom is -0.497 e. The van der Waals surface area contributed by atoms with Gasteiger partial charge in [0, 0.05) is 23.2 Å². The smallest absolute Gasteiger partial charge is 0.252 e. The number of ether oxygens (including phenoxy) is 2. The van der Waals surface area contributed by atoms with Gasteiger partial charge in [0.15, 0.2) is 0 Å². The molecule has 1 saturated carbocycles. The maximum absolute atomic E-state index is 13.8. The quantitative estimate of drug-likeness (QED) is 0.477. The average Bonchev–Trinajstić information content (AvgIpc) is 2.86. The third-order valence-corrected chi connectivity index (χ3v) is 7.28. The second-order valence-electron chi connectivity index (χ2n) is 12.2.